The fourth-order valence-corrected chi connectivity index (χ4v) is 2.08. The van der Waals surface area contributed by atoms with Crippen LogP contribution in [0.4, 0.5) is 5.69 Å². The molecule has 1 amide bonds. The second-order valence-corrected chi connectivity index (χ2v) is 4.68. The predicted octanol–water partition coefficient (Wildman–Crippen LogP) is 2.69. The first-order chi connectivity index (χ1) is 10.7. The maximum atomic E-state index is 11.8. The minimum absolute atomic E-state index is 0.323. The van der Waals surface area contributed by atoms with Crippen molar-refractivity contribution in [1.82, 2.24) is 10.4 Å². The zero-order valence-corrected chi connectivity index (χ0v) is 12.9. The molecule has 1 heterocycles. The molecule has 0 radical (unpaired) electrons. The van der Waals surface area contributed by atoms with Gasteiger partial charge in [-0.15, -0.1) is 0 Å². The predicted molar refractivity (Wildman–Crippen MR) is 89.3 cm³/mol. The van der Waals surface area contributed by atoms with E-state index in [4.69, 9.17) is 0 Å². The van der Waals surface area contributed by atoms with E-state index in [0.717, 1.165) is 18.7 Å². The number of hydrogen-bond donors (Lipinski definition) is 1. The van der Waals surface area contributed by atoms with Crippen molar-refractivity contribution >= 4 is 17.8 Å². The van der Waals surface area contributed by atoms with Crippen molar-refractivity contribution in [3.63, 3.8) is 0 Å². The highest BCUT2D eigenvalue weighted by Crippen LogP contribution is 2.13. The van der Waals surface area contributed by atoms with Crippen LogP contribution in [0.25, 0.3) is 0 Å². The molecule has 1 aromatic carbocycles. The molecule has 1 aromatic heterocycles. The number of anilines is 1. The lowest BCUT2D eigenvalue weighted by Gasteiger charge is -2.20. The van der Waals surface area contributed by atoms with Crippen LogP contribution in [-0.4, -0.2) is 30.2 Å². The van der Waals surface area contributed by atoms with Gasteiger partial charge in [0.25, 0.3) is 5.91 Å². The third kappa shape index (κ3) is 4.15. The Labute approximate surface area is 130 Å². The van der Waals surface area contributed by atoms with Gasteiger partial charge in [-0.05, 0) is 43.7 Å². The van der Waals surface area contributed by atoms with Crippen LogP contribution in [0.1, 0.15) is 29.9 Å². The minimum Gasteiger partial charge on any atom is -0.372 e. The minimum atomic E-state index is -0.323. The number of carbonyl (C=O) groups is 1. The van der Waals surface area contributed by atoms with Gasteiger partial charge >= 0.3 is 0 Å². The van der Waals surface area contributed by atoms with Gasteiger partial charge in [0.1, 0.15) is 5.69 Å². The number of rotatable bonds is 6. The molecule has 1 N–H and O–H groups in total. The first-order valence-electron chi connectivity index (χ1n) is 7.34. The summed E-state index contributed by atoms with van der Waals surface area (Å²) in [6.07, 6.45) is 3.19. The molecule has 114 valence electrons. The van der Waals surface area contributed by atoms with E-state index in [1.807, 2.05) is 12.1 Å². The topological polar surface area (TPSA) is 57.6 Å². The molecule has 0 fully saturated rings. The summed E-state index contributed by atoms with van der Waals surface area (Å²) < 4.78 is 0. The number of aromatic nitrogens is 1. The number of nitrogens with one attached hydrogen (secondary N) is 1. The standard InChI is InChI=1S/C17H20N4O/c1-3-21(4-2)15-10-8-14(9-11-15)13-19-20-17(22)16-7-5-6-12-18-16/h5-13H,3-4H2,1-2H3,(H,20,22). The van der Waals surface area contributed by atoms with Gasteiger partial charge in [-0.1, -0.05) is 18.2 Å². The second-order valence-electron chi connectivity index (χ2n) is 4.68. The Kier molecular flexibility index (Phi) is 5.65. The number of hydrazone groups is 1. The van der Waals surface area contributed by atoms with Crippen molar-refractivity contribution in [3.8, 4) is 0 Å². The number of amides is 1. The first-order valence-corrected chi connectivity index (χ1v) is 7.34. The number of carbonyl (C=O) groups excluding carboxylic acids is 1. The molecule has 0 aliphatic carbocycles. The quantitative estimate of drug-likeness (QED) is 0.658. The van der Waals surface area contributed by atoms with Crippen molar-refractivity contribution in [1.29, 1.82) is 0 Å². The Morgan fingerprint density at radius 1 is 1.18 bits per heavy atom. The normalized spacial score (nSPS) is 10.6. The van der Waals surface area contributed by atoms with Crippen molar-refractivity contribution in [3.05, 3.63) is 59.9 Å². The summed E-state index contributed by atoms with van der Waals surface area (Å²) >= 11 is 0. The Bertz CT molecular complexity index is 619. The van der Waals surface area contributed by atoms with Crippen LogP contribution >= 0.6 is 0 Å². The lowest BCUT2D eigenvalue weighted by atomic mass is 10.2. The number of pyridine rings is 1. The molecule has 0 spiro atoms. The Balaban J connectivity index is 1.95. The molecule has 0 aliphatic heterocycles. The molecular formula is C17H20N4O. The van der Waals surface area contributed by atoms with Crippen LogP contribution in [0.3, 0.4) is 0 Å². The number of hydrogen-bond acceptors (Lipinski definition) is 4. The number of nitrogens with zero attached hydrogens (tertiary/aromatic N) is 3. The number of benzene rings is 1. The van der Waals surface area contributed by atoms with Gasteiger partial charge in [0.05, 0.1) is 6.21 Å². The molecule has 0 atom stereocenters. The Hall–Kier alpha value is -2.69. The van der Waals surface area contributed by atoms with Gasteiger partial charge < -0.3 is 4.90 Å². The molecule has 5 heteroatoms. The van der Waals surface area contributed by atoms with E-state index in [9.17, 15) is 4.79 Å². The molecule has 0 saturated carbocycles. The van der Waals surface area contributed by atoms with Crippen molar-refractivity contribution in [2.24, 2.45) is 5.10 Å². The summed E-state index contributed by atoms with van der Waals surface area (Å²) in [6, 6.07) is 13.2. The van der Waals surface area contributed by atoms with Gasteiger partial charge in [-0.3, -0.25) is 9.78 Å². The average molecular weight is 296 g/mol. The van der Waals surface area contributed by atoms with Crippen molar-refractivity contribution in [2.75, 3.05) is 18.0 Å². The van der Waals surface area contributed by atoms with Gasteiger partial charge in [-0.2, -0.15) is 5.10 Å². The summed E-state index contributed by atoms with van der Waals surface area (Å²) in [7, 11) is 0. The van der Waals surface area contributed by atoms with E-state index in [1.165, 1.54) is 5.69 Å². The largest absolute Gasteiger partial charge is 0.372 e. The molecule has 0 aliphatic rings. The fraction of sp³-hybridized carbons (Fsp3) is 0.235. The van der Waals surface area contributed by atoms with E-state index < -0.39 is 0 Å². The highest BCUT2D eigenvalue weighted by Gasteiger charge is 2.03. The average Bonchev–Trinajstić information content (AvgIpc) is 2.58. The summed E-state index contributed by atoms with van der Waals surface area (Å²) in [5, 5.41) is 3.95. The molecule has 0 saturated heterocycles. The zero-order valence-electron chi connectivity index (χ0n) is 12.9. The van der Waals surface area contributed by atoms with Crippen LogP contribution in [0.15, 0.2) is 53.8 Å². The van der Waals surface area contributed by atoms with E-state index in [-0.39, 0.29) is 5.91 Å². The van der Waals surface area contributed by atoms with Crippen LogP contribution in [0.5, 0.6) is 0 Å². The summed E-state index contributed by atoms with van der Waals surface area (Å²) in [5.74, 6) is -0.323. The van der Waals surface area contributed by atoms with Gasteiger partial charge in [0, 0.05) is 25.0 Å². The summed E-state index contributed by atoms with van der Waals surface area (Å²) in [5.41, 5.74) is 4.92. The smallest absolute Gasteiger partial charge is 0.289 e. The highest BCUT2D eigenvalue weighted by molar-refractivity contribution is 5.93. The molecular weight excluding hydrogens is 276 g/mol. The van der Waals surface area contributed by atoms with Crippen molar-refractivity contribution in [2.45, 2.75) is 13.8 Å². The third-order valence-corrected chi connectivity index (χ3v) is 3.30. The second kappa shape index (κ2) is 7.93. The zero-order chi connectivity index (χ0) is 15.8. The van der Waals surface area contributed by atoms with Crippen LogP contribution in [-0.2, 0) is 0 Å². The molecule has 2 rings (SSSR count). The molecule has 2 aromatic rings. The van der Waals surface area contributed by atoms with Gasteiger partial charge in [0.15, 0.2) is 0 Å². The van der Waals surface area contributed by atoms with E-state index in [2.05, 4.69) is 46.4 Å². The third-order valence-electron chi connectivity index (χ3n) is 3.30. The fourth-order valence-electron chi connectivity index (χ4n) is 2.08. The van der Waals surface area contributed by atoms with Crippen LogP contribution in [0, 0.1) is 0 Å². The maximum Gasteiger partial charge on any atom is 0.289 e. The molecule has 0 bridgehead atoms. The summed E-state index contributed by atoms with van der Waals surface area (Å²) in [6.45, 7) is 6.21. The molecule has 22 heavy (non-hydrogen) atoms. The lowest BCUT2D eigenvalue weighted by Crippen LogP contribution is -2.21. The van der Waals surface area contributed by atoms with Crippen molar-refractivity contribution < 1.29 is 4.79 Å². The van der Waals surface area contributed by atoms with E-state index in [0.29, 0.717) is 5.69 Å². The van der Waals surface area contributed by atoms with E-state index in [1.54, 1.807) is 30.6 Å². The summed E-state index contributed by atoms with van der Waals surface area (Å²) in [4.78, 5) is 18.0. The molecule has 0 unspecified atom stereocenters. The Morgan fingerprint density at radius 3 is 2.50 bits per heavy atom. The molecule has 5 nitrogen and oxygen atoms in total. The van der Waals surface area contributed by atoms with Gasteiger partial charge in [-0.25, -0.2) is 5.43 Å². The van der Waals surface area contributed by atoms with Crippen LogP contribution < -0.4 is 10.3 Å². The van der Waals surface area contributed by atoms with Crippen LogP contribution in [0.2, 0.25) is 0 Å². The Morgan fingerprint density at radius 2 is 1.91 bits per heavy atom. The SMILES string of the molecule is CCN(CC)c1ccc(C=NNC(=O)c2ccccn2)cc1. The first kappa shape index (κ1) is 15.7. The highest BCUT2D eigenvalue weighted by atomic mass is 16.2. The van der Waals surface area contributed by atoms with Gasteiger partial charge in [0.2, 0.25) is 0 Å². The van der Waals surface area contributed by atoms with E-state index >= 15 is 0 Å². The lowest BCUT2D eigenvalue weighted by molar-refractivity contribution is 0.0950. The maximum absolute atomic E-state index is 11.8. The monoisotopic (exact) mass is 296 g/mol.